The lowest BCUT2D eigenvalue weighted by molar-refractivity contribution is 0.189. The largest absolute Gasteiger partial charge is 0.396 e. The van der Waals surface area contributed by atoms with Gasteiger partial charge in [0.25, 0.3) is 0 Å². The normalized spacial score (nSPS) is 22.3. The molecular weight excluding hydrogens is 284 g/mol. The smallest absolute Gasteiger partial charge is 0.0822 e. The number of nitrogens with zero attached hydrogens (tertiary/aromatic N) is 2. The molecule has 21 heavy (non-hydrogen) atoms. The van der Waals surface area contributed by atoms with Crippen LogP contribution in [0.1, 0.15) is 17.9 Å². The number of anilines is 1. The lowest BCUT2D eigenvalue weighted by atomic mass is 9.81. The van der Waals surface area contributed by atoms with Gasteiger partial charge in [0.2, 0.25) is 0 Å². The SMILES string of the molecule is OC[C@H]1CN(c2ccncc2Cl)CC[C@H]1c1ccccc1. The van der Waals surface area contributed by atoms with Crippen LogP contribution in [-0.4, -0.2) is 29.8 Å². The fraction of sp³-hybridized carbons (Fsp3) is 0.353. The first kappa shape index (κ1) is 14.4. The molecule has 1 aromatic carbocycles. The van der Waals surface area contributed by atoms with Crippen molar-refractivity contribution in [3.63, 3.8) is 0 Å². The van der Waals surface area contributed by atoms with Gasteiger partial charge in [-0.1, -0.05) is 41.9 Å². The Morgan fingerprint density at radius 2 is 2.05 bits per heavy atom. The summed E-state index contributed by atoms with van der Waals surface area (Å²) in [7, 11) is 0. The van der Waals surface area contributed by atoms with E-state index in [4.69, 9.17) is 11.6 Å². The number of rotatable bonds is 3. The summed E-state index contributed by atoms with van der Waals surface area (Å²) >= 11 is 6.24. The molecular formula is C17H19ClN2O. The Kier molecular flexibility index (Phi) is 4.42. The maximum atomic E-state index is 9.78. The highest BCUT2D eigenvalue weighted by Gasteiger charge is 2.30. The average Bonchev–Trinajstić information content (AvgIpc) is 2.55. The number of halogens is 1. The van der Waals surface area contributed by atoms with Gasteiger partial charge in [-0.15, -0.1) is 0 Å². The molecule has 0 amide bonds. The van der Waals surface area contributed by atoms with Crippen LogP contribution in [0.5, 0.6) is 0 Å². The minimum atomic E-state index is 0.193. The van der Waals surface area contributed by atoms with Crippen molar-refractivity contribution in [1.82, 2.24) is 4.98 Å². The van der Waals surface area contributed by atoms with Gasteiger partial charge in [0, 0.05) is 38.0 Å². The molecule has 0 aliphatic carbocycles. The predicted octanol–water partition coefficient (Wildman–Crippen LogP) is 3.34. The van der Waals surface area contributed by atoms with Crippen LogP contribution >= 0.6 is 11.6 Å². The first-order chi connectivity index (χ1) is 10.3. The first-order valence-corrected chi connectivity index (χ1v) is 7.67. The summed E-state index contributed by atoms with van der Waals surface area (Å²) in [6.45, 7) is 1.96. The molecule has 1 saturated heterocycles. The number of pyridine rings is 1. The minimum Gasteiger partial charge on any atom is -0.396 e. The van der Waals surface area contributed by atoms with E-state index in [1.54, 1.807) is 12.4 Å². The van der Waals surface area contributed by atoms with E-state index in [0.717, 1.165) is 25.2 Å². The maximum absolute atomic E-state index is 9.78. The van der Waals surface area contributed by atoms with Gasteiger partial charge >= 0.3 is 0 Å². The topological polar surface area (TPSA) is 36.4 Å². The summed E-state index contributed by atoms with van der Waals surface area (Å²) in [4.78, 5) is 6.29. The van der Waals surface area contributed by atoms with Crippen LogP contribution in [0.15, 0.2) is 48.8 Å². The number of benzene rings is 1. The minimum absolute atomic E-state index is 0.193. The van der Waals surface area contributed by atoms with Crippen LogP contribution in [0.4, 0.5) is 5.69 Å². The average molecular weight is 303 g/mol. The predicted molar refractivity (Wildman–Crippen MR) is 85.8 cm³/mol. The van der Waals surface area contributed by atoms with Crippen molar-refractivity contribution in [3.05, 3.63) is 59.4 Å². The second-order valence-electron chi connectivity index (χ2n) is 5.52. The molecule has 3 rings (SSSR count). The van der Waals surface area contributed by atoms with E-state index in [9.17, 15) is 5.11 Å². The number of piperidine rings is 1. The van der Waals surface area contributed by atoms with Crippen LogP contribution in [0.25, 0.3) is 0 Å². The molecule has 0 spiro atoms. The molecule has 0 saturated carbocycles. The van der Waals surface area contributed by atoms with Gasteiger partial charge in [-0.2, -0.15) is 0 Å². The third-order valence-electron chi connectivity index (χ3n) is 4.29. The van der Waals surface area contributed by atoms with Crippen LogP contribution in [0, 0.1) is 5.92 Å². The molecule has 1 aliphatic heterocycles. The summed E-state index contributed by atoms with van der Waals surface area (Å²) in [5.41, 5.74) is 2.33. The summed E-state index contributed by atoms with van der Waals surface area (Å²) in [6.07, 6.45) is 4.46. The third kappa shape index (κ3) is 3.04. The second-order valence-corrected chi connectivity index (χ2v) is 5.93. The van der Waals surface area contributed by atoms with E-state index in [-0.39, 0.29) is 12.5 Å². The Hall–Kier alpha value is -1.58. The van der Waals surface area contributed by atoms with E-state index < -0.39 is 0 Å². The zero-order valence-corrected chi connectivity index (χ0v) is 12.6. The molecule has 2 aromatic rings. The fourth-order valence-electron chi connectivity index (χ4n) is 3.20. The molecule has 4 heteroatoms. The fourth-order valence-corrected chi connectivity index (χ4v) is 3.44. The highest BCUT2D eigenvalue weighted by atomic mass is 35.5. The molecule has 2 heterocycles. The highest BCUT2D eigenvalue weighted by Crippen LogP contribution is 2.36. The zero-order chi connectivity index (χ0) is 14.7. The van der Waals surface area contributed by atoms with Gasteiger partial charge in [-0.25, -0.2) is 0 Å². The van der Waals surface area contributed by atoms with Gasteiger partial charge in [-0.05, 0) is 24.0 Å². The second kappa shape index (κ2) is 6.46. The Morgan fingerprint density at radius 3 is 2.76 bits per heavy atom. The third-order valence-corrected chi connectivity index (χ3v) is 4.58. The number of aliphatic hydroxyl groups is 1. The van der Waals surface area contributed by atoms with E-state index in [1.165, 1.54) is 5.56 Å². The molecule has 2 atom stereocenters. The summed E-state index contributed by atoms with van der Waals surface area (Å²) in [6, 6.07) is 12.4. The van der Waals surface area contributed by atoms with Crippen LogP contribution < -0.4 is 4.90 Å². The van der Waals surface area contributed by atoms with Crippen LogP contribution in [-0.2, 0) is 0 Å². The monoisotopic (exact) mass is 302 g/mol. The van der Waals surface area contributed by atoms with Crippen molar-refractivity contribution in [3.8, 4) is 0 Å². The number of aromatic nitrogens is 1. The standard InChI is InChI=1S/C17H19ClN2O/c18-16-10-19-8-6-17(16)20-9-7-15(14(11-20)12-21)13-4-2-1-3-5-13/h1-6,8,10,14-15,21H,7,9,11-12H2/t14-,15+/m1/s1. The molecule has 1 aromatic heterocycles. The first-order valence-electron chi connectivity index (χ1n) is 7.30. The van der Waals surface area contributed by atoms with Gasteiger partial charge < -0.3 is 10.0 Å². The Balaban J connectivity index is 1.80. The van der Waals surface area contributed by atoms with Gasteiger partial charge in [0.1, 0.15) is 0 Å². The van der Waals surface area contributed by atoms with Gasteiger partial charge in [0.05, 0.1) is 10.7 Å². The lowest BCUT2D eigenvalue weighted by Gasteiger charge is -2.39. The number of hydrogen-bond acceptors (Lipinski definition) is 3. The number of aliphatic hydroxyl groups excluding tert-OH is 1. The van der Waals surface area contributed by atoms with Gasteiger partial charge in [-0.3, -0.25) is 4.98 Å². The molecule has 1 fully saturated rings. The van der Waals surface area contributed by atoms with Crippen molar-refractivity contribution in [2.24, 2.45) is 5.92 Å². The van der Waals surface area contributed by atoms with Crippen molar-refractivity contribution < 1.29 is 5.11 Å². The quantitative estimate of drug-likeness (QED) is 0.945. The Labute approximate surface area is 130 Å². The summed E-state index contributed by atoms with van der Waals surface area (Å²) in [5.74, 6) is 0.637. The molecule has 0 bridgehead atoms. The highest BCUT2D eigenvalue weighted by molar-refractivity contribution is 6.33. The lowest BCUT2D eigenvalue weighted by Crippen LogP contribution is -2.41. The molecule has 1 aliphatic rings. The van der Waals surface area contributed by atoms with Crippen LogP contribution in [0.2, 0.25) is 5.02 Å². The molecule has 110 valence electrons. The molecule has 1 N–H and O–H groups in total. The Bertz CT molecular complexity index is 590. The van der Waals surface area contributed by atoms with Crippen molar-refractivity contribution in [2.45, 2.75) is 12.3 Å². The van der Waals surface area contributed by atoms with E-state index in [2.05, 4.69) is 34.1 Å². The molecule has 3 nitrogen and oxygen atoms in total. The van der Waals surface area contributed by atoms with Crippen molar-refractivity contribution in [2.75, 3.05) is 24.6 Å². The van der Waals surface area contributed by atoms with E-state index in [0.29, 0.717) is 10.9 Å². The molecule has 0 unspecified atom stereocenters. The van der Waals surface area contributed by atoms with Gasteiger partial charge in [0.15, 0.2) is 0 Å². The molecule has 0 radical (unpaired) electrons. The van der Waals surface area contributed by atoms with E-state index in [1.807, 2.05) is 12.1 Å². The Morgan fingerprint density at radius 1 is 1.24 bits per heavy atom. The van der Waals surface area contributed by atoms with Crippen LogP contribution in [0.3, 0.4) is 0 Å². The van der Waals surface area contributed by atoms with Crippen molar-refractivity contribution in [1.29, 1.82) is 0 Å². The number of hydrogen-bond donors (Lipinski definition) is 1. The zero-order valence-electron chi connectivity index (χ0n) is 11.8. The summed E-state index contributed by atoms with van der Waals surface area (Å²) < 4.78 is 0. The van der Waals surface area contributed by atoms with E-state index >= 15 is 0 Å². The summed E-state index contributed by atoms with van der Waals surface area (Å²) in [5, 5.41) is 10.5. The maximum Gasteiger partial charge on any atom is 0.0822 e. The van der Waals surface area contributed by atoms with Crippen molar-refractivity contribution >= 4 is 17.3 Å².